The van der Waals surface area contributed by atoms with E-state index >= 15 is 0 Å². The molecule has 0 unspecified atom stereocenters. The van der Waals surface area contributed by atoms with Crippen LogP contribution in [0.5, 0.6) is 0 Å². The van der Waals surface area contributed by atoms with Gasteiger partial charge in [-0.15, -0.1) is 0 Å². The number of carbonyl (C=O) groups excluding carboxylic acids is 1. The highest BCUT2D eigenvalue weighted by atomic mass is 32.2. The molecule has 3 aromatic carbocycles. The average Bonchev–Trinajstić information content (AvgIpc) is 3.04. The van der Waals surface area contributed by atoms with E-state index in [1.165, 1.54) is 29.5 Å². The summed E-state index contributed by atoms with van der Waals surface area (Å²) in [7, 11) is 0. The van der Waals surface area contributed by atoms with E-state index < -0.39 is 0 Å². The van der Waals surface area contributed by atoms with Crippen LogP contribution in [0.4, 0.5) is 10.1 Å². The molecule has 4 rings (SSSR count). The number of benzene rings is 3. The van der Waals surface area contributed by atoms with E-state index in [4.69, 9.17) is 4.99 Å². The Bertz CT molecular complexity index is 1090. The smallest absolute Gasteiger partial charge is 0.266 e. The number of carbonyl (C=O) groups is 1. The Morgan fingerprint density at radius 1 is 0.967 bits per heavy atom. The largest absolute Gasteiger partial charge is 0.286 e. The third-order valence-electron chi connectivity index (χ3n) is 4.78. The normalized spacial score (nSPS) is 16.6. The number of halogens is 1. The fraction of sp³-hybridized carbons (Fsp3) is 0.120. The molecular weight excluding hydrogens is 395 g/mol. The van der Waals surface area contributed by atoms with Gasteiger partial charge >= 0.3 is 0 Å². The summed E-state index contributed by atoms with van der Waals surface area (Å²) in [6.45, 7) is 2.57. The quantitative estimate of drug-likeness (QED) is 0.479. The van der Waals surface area contributed by atoms with Crippen LogP contribution in [0.2, 0.25) is 0 Å². The second kappa shape index (κ2) is 9.09. The molecule has 1 aliphatic heterocycles. The van der Waals surface area contributed by atoms with Crippen molar-refractivity contribution in [2.75, 3.05) is 6.54 Å². The summed E-state index contributed by atoms with van der Waals surface area (Å²) in [5, 5.41) is 0.660. The van der Waals surface area contributed by atoms with Gasteiger partial charge in [0.25, 0.3) is 5.91 Å². The zero-order chi connectivity index (χ0) is 20.9. The van der Waals surface area contributed by atoms with Crippen LogP contribution < -0.4 is 0 Å². The number of nitrogens with zero attached hydrogens (tertiary/aromatic N) is 2. The lowest BCUT2D eigenvalue weighted by Crippen LogP contribution is -2.31. The lowest BCUT2D eigenvalue weighted by atomic mass is 10.1. The maximum Gasteiger partial charge on any atom is 0.266 e. The van der Waals surface area contributed by atoms with Gasteiger partial charge in [-0.3, -0.25) is 9.69 Å². The fourth-order valence-electron chi connectivity index (χ4n) is 3.11. The maximum atomic E-state index is 13.2. The Hall–Kier alpha value is -3.18. The van der Waals surface area contributed by atoms with Crippen molar-refractivity contribution in [1.82, 2.24) is 4.90 Å². The molecule has 1 amide bonds. The Kier molecular flexibility index (Phi) is 6.10. The van der Waals surface area contributed by atoms with Gasteiger partial charge in [-0.2, -0.15) is 0 Å². The zero-order valence-corrected chi connectivity index (χ0v) is 17.4. The van der Waals surface area contributed by atoms with Crippen molar-refractivity contribution in [2.45, 2.75) is 13.3 Å². The lowest BCUT2D eigenvalue weighted by Gasteiger charge is -2.15. The molecule has 3 aromatic rings. The molecule has 0 radical (unpaired) electrons. The van der Waals surface area contributed by atoms with Crippen LogP contribution in [0.3, 0.4) is 0 Å². The summed E-state index contributed by atoms with van der Waals surface area (Å²) >= 11 is 1.35. The highest BCUT2D eigenvalue weighted by Gasteiger charge is 2.33. The van der Waals surface area contributed by atoms with Gasteiger partial charge in [-0.05, 0) is 66.6 Å². The second-order valence-electron chi connectivity index (χ2n) is 7.08. The number of hydrogen-bond donors (Lipinski definition) is 0. The van der Waals surface area contributed by atoms with E-state index in [0.717, 1.165) is 23.2 Å². The second-order valence-corrected chi connectivity index (χ2v) is 8.09. The Morgan fingerprint density at radius 3 is 2.37 bits per heavy atom. The van der Waals surface area contributed by atoms with Gasteiger partial charge in [0.15, 0.2) is 5.17 Å². The Balaban J connectivity index is 1.63. The van der Waals surface area contributed by atoms with Gasteiger partial charge in [-0.25, -0.2) is 9.38 Å². The standard InChI is InChI=1S/C25H21FN2OS/c1-18-7-13-22(14-8-18)27-25-28(16-15-19-5-3-2-4-6-19)24(29)23(30-25)17-20-9-11-21(26)12-10-20/h2-14,17H,15-16H2,1H3/b23-17+,27-25?. The van der Waals surface area contributed by atoms with E-state index in [1.807, 2.05) is 49.4 Å². The van der Waals surface area contributed by atoms with Crippen molar-refractivity contribution in [1.29, 1.82) is 0 Å². The van der Waals surface area contributed by atoms with E-state index in [9.17, 15) is 9.18 Å². The minimum Gasteiger partial charge on any atom is -0.286 e. The summed E-state index contributed by atoms with van der Waals surface area (Å²) in [6, 6.07) is 24.1. The van der Waals surface area contributed by atoms with Gasteiger partial charge in [0.05, 0.1) is 10.6 Å². The van der Waals surface area contributed by atoms with Crippen molar-refractivity contribution in [2.24, 2.45) is 4.99 Å². The number of thioether (sulfide) groups is 1. The zero-order valence-electron chi connectivity index (χ0n) is 16.6. The molecule has 0 saturated carbocycles. The number of hydrogen-bond acceptors (Lipinski definition) is 3. The number of aliphatic imine (C=N–C) groups is 1. The third-order valence-corrected chi connectivity index (χ3v) is 5.79. The predicted octanol–water partition coefficient (Wildman–Crippen LogP) is 5.98. The first-order valence-electron chi connectivity index (χ1n) is 9.75. The summed E-state index contributed by atoms with van der Waals surface area (Å²) < 4.78 is 13.2. The van der Waals surface area contributed by atoms with Crippen molar-refractivity contribution < 1.29 is 9.18 Å². The molecule has 0 aromatic heterocycles. The topological polar surface area (TPSA) is 32.7 Å². The van der Waals surface area contributed by atoms with Crippen molar-refractivity contribution >= 4 is 34.6 Å². The predicted molar refractivity (Wildman–Crippen MR) is 122 cm³/mol. The molecule has 0 atom stereocenters. The molecule has 0 aliphatic carbocycles. The van der Waals surface area contributed by atoms with Gasteiger partial charge in [0, 0.05) is 6.54 Å². The number of aryl methyl sites for hydroxylation is 1. The van der Waals surface area contributed by atoms with Crippen LogP contribution in [0.25, 0.3) is 6.08 Å². The molecule has 3 nitrogen and oxygen atoms in total. The molecule has 1 fully saturated rings. The van der Waals surface area contributed by atoms with Gasteiger partial charge in [0.1, 0.15) is 5.82 Å². The molecule has 150 valence electrons. The summed E-state index contributed by atoms with van der Waals surface area (Å²) in [5.74, 6) is -0.375. The van der Waals surface area contributed by atoms with E-state index in [-0.39, 0.29) is 11.7 Å². The molecule has 1 heterocycles. The van der Waals surface area contributed by atoms with Crippen molar-refractivity contribution in [3.63, 3.8) is 0 Å². The Labute approximate surface area is 180 Å². The first kappa shape index (κ1) is 20.1. The molecule has 30 heavy (non-hydrogen) atoms. The fourth-order valence-corrected chi connectivity index (χ4v) is 4.14. The number of rotatable bonds is 5. The first-order chi connectivity index (χ1) is 14.6. The van der Waals surface area contributed by atoms with E-state index in [1.54, 1.807) is 23.1 Å². The molecule has 0 spiro atoms. The van der Waals surface area contributed by atoms with Crippen LogP contribution in [0.15, 0.2) is 88.8 Å². The molecule has 5 heteroatoms. The average molecular weight is 417 g/mol. The molecule has 1 aliphatic rings. The monoisotopic (exact) mass is 416 g/mol. The first-order valence-corrected chi connectivity index (χ1v) is 10.6. The lowest BCUT2D eigenvalue weighted by molar-refractivity contribution is -0.122. The van der Waals surface area contributed by atoms with Gasteiger partial charge in [0.2, 0.25) is 0 Å². The molecule has 1 saturated heterocycles. The van der Waals surface area contributed by atoms with Gasteiger partial charge in [-0.1, -0.05) is 60.2 Å². The SMILES string of the molecule is Cc1ccc(N=C2S/C(=C/c3ccc(F)cc3)C(=O)N2CCc2ccccc2)cc1. The van der Waals surface area contributed by atoms with Crippen LogP contribution in [0, 0.1) is 12.7 Å². The summed E-state index contributed by atoms with van der Waals surface area (Å²) in [4.78, 5) is 20.2. The van der Waals surface area contributed by atoms with Crippen molar-refractivity contribution in [3.05, 3.63) is 106 Å². The maximum absolute atomic E-state index is 13.2. The minimum absolute atomic E-state index is 0.0777. The highest BCUT2D eigenvalue weighted by molar-refractivity contribution is 8.18. The van der Waals surface area contributed by atoms with Crippen LogP contribution in [-0.4, -0.2) is 22.5 Å². The third kappa shape index (κ3) is 4.86. The number of amidine groups is 1. The van der Waals surface area contributed by atoms with E-state index in [2.05, 4.69) is 12.1 Å². The van der Waals surface area contributed by atoms with E-state index in [0.29, 0.717) is 16.6 Å². The highest BCUT2D eigenvalue weighted by Crippen LogP contribution is 2.34. The minimum atomic E-state index is -0.298. The Morgan fingerprint density at radius 2 is 1.67 bits per heavy atom. The van der Waals surface area contributed by atoms with Crippen LogP contribution in [-0.2, 0) is 11.2 Å². The van der Waals surface area contributed by atoms with Crippen LogP contribution in [0.1, 0.15) is 16.7 Å². The summed E-state index contributed by atoms with van der Waals surface area (Å²) in [6.07, 6.45) is 2.53. The molecule has 0 bridgehead atoms. The van der Waals surface area contributed by atoms with Crippen LogP contribution >= 0.6 is 11.8 Å². The molecular formula is C25H21FN2OS. The van der Waals surface area contributed by atoms with Crippen molar-refractivity contribution in [3.8, 4) is 0 Å². The summed E-state index contributed by atoms with van der Waals surface area (Å²) in [5.41, 5.74) is 3.92. The number of amides is 1. The van der Waals surface area contributed by atoms with Gasteiger partial charge < -0.3 is 0 Å². The molecule has 0 N–H and O–H groups in total.